The number of ketones is 1. The highest BCUT2D eigenvalue weighted by Crippen LogP contribution is 2.34. The summed E-state index contributed by atoms with van der Waals surface area (Å²) < 4.78 is 0. The molecule has 0 bridgehead atoms. The molecule has 23 heavy (non-hydrogen) atoms. The third kappa shape index (κ3) is 2.76. The Bertz CT molecular complexity index is 879. The fraction of sp³-hybridized carbons (Fsp3) is 0.100. The monoisotopic (exact) mass is 317 g/mol. The minimum Gasteiger partial charge on any atom is -0.288 e. The molecule has 0 amide bonds. The number of aromatic nitrogens is 1. The lowest BCUT2D eigenvalue weighted by Gasteiger charge is -2.12. The Morgan fingerprint density at radius 1 is 0.913 bits per heavy atom. The van der Waals surface area contributed by atoms with E-state index < -0.39 is 0 Å². The molecule has 1 aliphatic carbocycles. The van der Waals surface area contributed by atoms with Gasteiger partial charge in [-0.15, -0.1) is 11.3 Å². The van der Waals surface area contributed by atoms with Crippen LogP contribution >= 0.6 is 11.3 Å². The highest BCUT2D eigenvalue weighted by Gasteiger charge is 2.26. The van der Waals surface area contributed by atoms with E-state index in [1.54, 1.807) is 0 Å². The van der Waals surface area contributed by atoms with Gasteiger partial charge in [0.05, 0.1) is 10.6 Å². The van der Waals surface area contributed by atoms with Gasteiger partial charge in [0, 0.05) is 11.1 Å². The van der Waals surface area contributed by atoms with Crippen LogP contribution in [-0.4, -0.2) is 10.8 Å². The molecule has 0 unspecified atom stereocenters. The normalized spacial score (nSPS) is 15.7. The molecule has 1 heterocycles. The van der Waals surface area contributed by atoms with E-state index in [0.29, 0.717) is 0 Å². The van der Waals surface area contributed by atoms with E-state index in [2.05, 4.69) is 4.98 Å². The van der Waals surface area contributed by atoms with Crippen LogP contribution in [0.1, 0.15) is 27.3 Å². The van der Waals surface area contributed by atoms with Crippen LogP contribution in [0.15, 0.2) is 66.2 Å². The van der Waals surface area contributed by atoms with Crippen molar-refractivity contribution in [3.63, 3.8) is 0 Å². The van der Waals surface area contributed by atoms with Crippen molar-refractivity contribution in [2.24, 2.45) is 0 Å². The maximum atomic E-state index is 12.8. The molecule has 0 N–H and O–H groups in total. The summed E-state index contributed by atoms with van der Waals surface area (Å²) in [4.78, 5) is 18.3. The van der Waals surface area contributed by atoms with Gasteiger partial charge in [0.15, 0.2) is 0 Å². The molecule has 0 atom stereocenters. The van der Waals surface area contributed by atoms with Gasteiger partial charge in [0.2, 0.25) is 5.78 Å². The quantitative estimate of drug-likeness (QED) is 0.621. The van der Waals surface area contributed by atoms with Crippen LogP contribution < -0.4 is 0 Å². The largest absolute Gasteiger partial charge is 0.288 e. The van der Waals surface area contributed by atoms with Crippen molar-refractivity contribution in [3.8, 4) is 10.6 Å². The molecule has 2 aromatic carbocycles. The molecule has 3 aromatic rings. The first-order chi connectivity index (χ1) is 11.3. The molecule has 0 saturated carbocycles. The van der Waals surface area contributed by atoms with Crippen molar-refractivity contribution in [2.75, 3.05) is 0 Å². The van der Waals surface area contributed by atoms with E-state index in [1.807, 2.05) is 66.7 Å². The lowest BCUT2D eigenvalue weighted by atomic mass is 9.94. The average molecular weight is 317 g/mol. The fourth-order valence-electron chi connectivity index (χ4n) is 2.80. The molecule has 0 fully saturated rings. The number of hydrogen-bond acceptors (Lipinski definition) is 3. The van der Waals surface area contributed by atoms with Crippen molar-refractivity contribution in [2.45, 2.75) is 12.8 Å². The van der Waals surface area contributed by atoms with Crippen LogP contribution in [0.25, 0.3) is 16.6 Å². The number of carbonyl (C=O) groups is 1. The van der Waals surface area contributed by atoms with Gasteiger partial charge < -0.3 is 0 Å². The molecule has 0 saturated heterocycles. The molecule has 112 valence electrons. The van der Waals surface area contributed by atoms with Crippen LogP contribution in [0.2, 0.25) is 0 Å². The zero-order valence-electron chi connectivity index (χ0n) is 12.5. The minimum absolute atomic E-state index is 0.134. The molecule has 0 aliphatic heterocycles. The summed E-state index contributed by atoms with van der Waals surface area (Å²) in [6.07, 6.45) is 3.61. The van der Waals surface area contributed by atoms with Gasteiger partial charge in [0.1, 0.15) is 5.01 Å². The predicted molar refractivity (Wildman–Crippen MR) is 94.6 cm³/mol. The average Bonchev–Trinajstić information content (AvgIpc) is 3.04. The molecule has 1 aromatic heterocycles. The lowest BCUT2D eigenvalue weighted by Crippen LogP contribution is -2.11. The number of fused-ring (bicyclic) bond motifs is 1. The second-order valence-corrected chi connectivity index (χ2v) is 6.57. The molecule has 2 nitrogen and oxygen atoms in total. The van der Waals surface area contributed by atoms with Gasteiger partial charge >= 0.3 is 0 Å². The van der Waals surface area contributed by atoms with Gasteiger partial charge in [-0.25, -0.2) is 4.98 Å². The molecule has 3 heteroatoms. The van der Waals surface area contributed by atoms with Gasteiger partial charge in [-0.1, -0.05) is 60.7 Å². The van der Waals surface area contributed by atoms with E-state index in [4.69, 9.17) is 0 Å². The molecule has 0 spiro atoms. The fourth-order valence-corrected chi connectivity index (χ4v) is 3.90. The molecular weight excluding hydrogens is 302 g/mol. The number of thiazole rings is 1. The van der Waals surface area contributed by atoms with Crippen LogP contribution in [0.4, 0.5) is 0 Å². The SMILES string of the molecule is O=C1C(=Cc2ccccc2)CCc2nc(-c3ccccc3)sc21. The maximum absolute atomic E-state index is 12.8. The lowest BCUT2D eigenvalue weighted by molar-refractivity contribution is 0.103. The summed E-state index contributed by atoms with van der Waals surface area (Å²) >= 11 is 1.51. The zero-order chi connectivity index (χ0) is 15.6. The van der Waals surface area contributed by atoms with Gasteiger partial charge in [0.25, 0.3) is 0 Å². The van der Waals surface area contributed by atoms with E-state index in [-0.39, 0.29) is 5.78 Å². The highest BCUT2D eigenvalue weighted by molar-refractivity contribution is 7.17. The summed E-state index contributed by atoms with van der Waals surface area (Å²) in [6, 6.07) is 20.1. The van der Waals surface area contributed by atoms with E-state index in [1.165, 1.54) is 11.3 Å². The van der Waals surface area contributed by atoms with Crippen molar-refractivity contribution >= 4 is 23.2 Å². The Hall–Kier alpha value is -2.52. The number of hydrogen-bond donors (Lipinski definition) is 0. The Labute approximate surface area is 139 Å². The first-order valence-corrected chi connectivity index (χ1v) is 8.48. The molecular formula is C20H15NOS. The summed E-state index contributed by atoms with van der Waals surface area (Å²) in [6.45, 7) is 0. The number of rotatable bonds is 2. The molecule has 1 aliphatic rings. The number of aryl methyl sites for hydroxylation is 1. The number of allylic oxidation sites excluding steroid dienone is 1. The summed E-state index contributed by atoms with van der Waals surface area (Å²) in [7, 11) is 0. The molecule has 4 rings (SSSR count). The number of carbonyl (C=O) groups excluding carboxylic acids is 1. The highest BCUT2D eigenvalue weighted by atomic mass is 32.1. The van der Waals surface area contributed by atoms with E-state index in [9.17, 15) is 4.79 Å². The second kappa shape index (κ2) is 5.94. The van der Waals surface area contributed by atoms with Crippen molar-refractivity contribution < 1.29 is 4.79 Å². The van der Waals surface area contributed by atoms with Gasteiger partial charge in [-0.2, -0.15) is 0 Å². The van der Waals surface area contributed by atoms with Crippen molar-refractivity contribution in [1.29, 1.82) is 0 Å². The van der Waals surface area contributed by atoms with E-state index >= 15 is 0 Å². The van der Waals surface area contributed by atoms with Crippen LogP contribution in [0.5, 0.6) is 0 Å². The topological polar surface area (TPSA) is 30.0 Å². The van der Waals surface area contributed by atoms with Crippen molar-refractivity contribution in [1.82, 2.24) is 4.98 Å². The van der Waals surface area contributed by atoms with Crippen molar-refractivity contribution in [3.05, 3.63) is 82.4 Å². The molecule has 0 radical (unpaired) electrons. The van der Waals surface area contributed by atoms with Crippen LogP contribution in [0.3, 0.4) is 0 Å². The van der Waals surface area contributed by atoms with Gasteiger partial charge in [-0.3, -0.25) is 4.79 Å². The second-order valence-electron chi connectivity index (χ2n) is 5.57. The Balaban J connectivity index is 1.70. The Kier molecular flexibility index (Phi) is 3.64. The van der Waals surface area contributed by atoms with Crippen LogP contribution in [0, 0.1) is 0 Å². The first-order valence-electron chi connectivity index (χ1n) is 7.67. The van der Waals surface area contributed by atoms with Gasteiger partial charge in [-0.05, 0) is 24.5 Å². The number of nitrogens with zero attached hydrogens (tertiary/aromatic N) is 1. The summed E-state index contributed by atoms with van der Waals surface area (Å²) in [5.41, 5.74) is 3.98. The standard InChI is InChI=1S/C20H15NOS/c22-18-16(13-14-7-3-1-4-8-14)11-12-17-19(18)23-20(21-17)15-9-5-2-6-10-15/h1-10,13H,11-12H2. The smallest absolute Gasteiger partial charge is 0.200 e. The van der Waals surface area contributed by atoms with E-state index in [0.717, 1.165) is 45.1 Å². The Morgan fingerprint density at radius 2 is 1.61 bits per heavy atom. The first kappa shape index (κ1) is 14.1. The summed E-state index contributed by atoms with van der Waals surface area (Å²) in [5.74, 6) is 0.134. The number of Topliss-reactive ketones (excluding diaryl/α,β-unsaturated/α-hetero) is 1. The third-order valence-corrected chi connectivity index (χ3v) is 5.13. The minimum atomic E-state index is 0.134. The predicted octanol–water partition coefficient (Wildman–Crippen LogP) is 5.02. The zero-order valence-corrected chi connectivity index (χ0v) is 13.3. The van der Waals surface area contributed by atoms with Crippen LogP contribution in [-0.2, 0) is 6.42 Å². The maximum Gasteiger partial charge on any atom is 0.200 e. The number of benzene rings is 2. The third-order valence-electron chi connectivity index (χ3n) is 3.99. The Morgan fingerprint density at radius 3 is 2.35 bits per heavy atom. The summed E-state index contributed by atoms with van der Waals surface area (Å²) in [5, 5.41) is 0.935.